The first-order valence-electron chi connectivity index (χ1n) is 6.80. The van der Waals surface area contributed by atoms with E-state index in [0.29, 0.717) is 12.8 Å². The summed E-state index contributed by atoms with van der Waals surface area (Å²) in [5, 5.41) is 0. The van der Waals surface area contributed by atoms with E-state index in [4.69, 9.17) is 4.74 Å². The molecular formula is C14H21F3O2. The Morgan fingerprint density at radius 3 is 1.79 bits per heavy atom. The van der Waals surface area contributed by atoms with Crippen molar-refractivity contribution >= 4 is 5.97 Å². The number of carbonyl (C=O) groups is 1. The fraction of sp³-hybridized carbons (Fsp3) is 0.929. The van der Waals surface area contributed by atoms with Gasteiger partial charge in [0, 0.05) is 12.8 Å². The van der Waals surface area contributed by atoms with E-state index in [0.717, 1.165) is 0 Å². The molecule has 0 aromatic carbocycles. The number of esters is 1. The summed E-state index contributed by atoms with van der Waals surface area (Å²) in [6.45, 7) is 5.17. The number of hydrogen-bond donors (Lipinski definition) is 0. The van der Waals surface area contributed by atoms with Crippen LogP contribution < -0.4 is 0 Å². The third-order valence-electron chi connectivity index (χ3n) is 4.17. The molecule has 0 spiro atoms. The molecule has 2 saturated carbocycles. The number of rotatable bonds is 2. The fourth-order valence-electron chi connectivity index (χ4n) is 2.83. The van der Waals surface area contributed by atoms with Crippen molar-refractivity contribution in [3.8, 4) is 0 Å². The molecular weight excluding hydrogens is 257 g/mol. The van der Waals surface area contributed by atoms with Crippen LogP contribution in [0.25, 0.3) is 0 Å². The summed E-state index contributed by atoms with van der Waals surface area (Å²) in [4.78, 5) is 12.2. The zero-order valence-electron chi connectivity index (χ0n) is 11.7. The monoisotopic (exact) mass is 278 g/mol. The Hall–Kier alpha value is -0.740. The van der Waals surface area contributed by atoms with E-state index < -0.39 is 41.4 Å². The summed E-state index contributed by atoms with van der Waals surface area (Å²) < 4.78 is 46.5. The number of ether oxygens (including phenoxy) is 1. The topological polar surface area (TPSA) is 26.3 Å². The fourth-order valence-corrected chi connectivity index (χ4v) is 2.83. The van der Waals surface area contributed by atoms with Crippen LogP contribution in [0.15, 0.2) is 0 Å². The van der Waals surface area contributed by atoms with Gasteiger partial charge in [0.05, 0.1) is 0 Å². The third kappa shape index (κ3) is 2.75. The zero-order valence-corrected chi connectivity index (χ0v) is 11.7. The molecule has 0 aromatic rings. The molecule has 5 heteroatoms. The summed E-state index contributed by atoms with van der Waals surface area (Å²) in [5.74, 6) is -3.35. The Kier molecular flexibility index (Phi) is 3.18. The van der Waals surface area contributed by atoms with E-state index in [1.54, 1.807) is 20.8 Å². The lowest BCUT2D eigenvalue weighted by atomic mass is 9.73. The largest absolute Gasteiger partial charge is 0.459 e. The SMILES string of the molecule is CC(C)(C)OC(=O)C1(C2(F)CCC(F)(F)CC2)CC1. The second-order valence-electron chi connectivity index (χ2n) is 6.91. The highest BCUT2D eigenvalue weighted by molar-refractivity contribution is 5.82. The molecule has 0 heterocycles. The lowest BCUT2D eigenvalue weighted by Gasteiger charge is -2.39. The van der Waals surface area contributed by atoms with Crippen molar-refractivity contribution in [2.75, 3.05) is 0 Å². The van der Waals surface area contributed by atoms with E-state index >= 15 is 0 Å². The van der Waals surface area contributed by atoms with Gasteiger partial charge in [-0.2, -0.15) is 0 Å². The molecule has 0 unspecified atom stereocenters. The van der Waals surface area contributed by atoms with Crippen molar-refractivity contribution < 1.29 is 22.7 Å². The van der Waals surface area contributed by atoms with Crippen molar-refractivity contribution in [1.82, 2.24) is 0 Å². The second-order valence-corrected chi connectivity index (χ2v) is 6.91. The normalized spacial score (nSPS) is 27.7. The van der Waals surface area contributed by atoms with Crippen LogP contribution in [0.1, 0.15) is 59.3 Å². The zero-order chi connectivity index (χ0) is 14.5. The molecule has 2 rings (SSSR count). The van der Waals surface area contributed by atoms with Crippen molar-refractivity contribution in [2.45, 2.75) is 76.5 Å². The maximum atomic E-state index is 14.9. The Balaban J connectivity index is 2.10. The van der Waals surface area contributed by atoms with Gasteiger partial charge < -0.3 is 4.74 Å². The van der Waals surface area contributed by atoms with Gasteiger partial charge in [-0.05, 0) is 46.5 Å². The maximum Gasteiger partial charge on any atom is 0.315 e. The maximum absolute atomic E-state index is 14.9. The van der Waals surface area contributed by atoms with Gasteiger partial charge in [-0.15, -0.1) is 0 Å². The van der Waals surface area contributed by atoms with Crippen molar-refractivity contribution in [1.29, 1.82) is 0 Å². The Bertz CT molecular complexity index is 371. The van der Waals surface area contributed by atoms with Crippen LogP contribution in [0.5, 0.6) is 0 Å². The molecule has 0 atom stereocenters. The van der Waals surface area contributed by atoms with Crippen LogP contribution in [-0.4, -0.2) is 23.2 Å². The van der Waals surface area contributed by atoms with Gasteiger partial charge in [0.25, 0.3) is 0 Å². The van der Waals surface area contributed by atoms with Crippen LogP contribution in [-0.2, 0) is 9.53 Å². The van der Waals surface area contributed by atoms with Gasteiger partial charge in [0.1, 0.15) is 16.7 Å². The molecule has 2 aliphatic carbocycles. The van der Waals surface area contributed by atoms with Gasteiger partial charge in [-0.1, -0.05) is 0 Å². The summed E-state index contributed by atoms with van der Waals surface area (Å²) in [5.41, 5.74) is -3.67. The van der Waals surface area contributed by atoms with Gasteiger partial charge in [-0.3, -0.25) is 4.79 Å². The van der Waals surface area contributed by atoms with E-state index in [-0.39, 0.29) is 12.8 Å². The number of halogens is 3. The van der Waals surface area contributed by atoms with Crippen molar-refractivity contribution in [2.24, 2.45) is 5.41 Å². The minimum atomic E-state index is -2.79. The highest BCUT2D eigenvalue weighted by atomic mass is 19.3. The standard InChI is InChI=1S/C14H21F3O2/c1-11(2,3)19-10(18)12(4-5-12)13(15)6-8-14(16,17)9-7-13/h4-9H2,1-3H3. The van der Waals surface area contributed by atoms with Gasteiger partial charge in [-0.25, -0.2) is 13.2 Å². The van der Waals surface area contributed by atoms with E-state index in [1.807, 2.05) is 0 Å². The summed E-state index contributed by atoms with van der Waals surface area (Å²) in [6.07, 6.45) is -0.644. The smallest absolute Gasteiger partial charge is 0.315 e. The number of hydrogen-bond acceptors (Lipinski definition) is 2. The first kappa shape index (κ1) is 14.7. The van der Waals surface area contributed by atoms with E-state index in [2.05, 4.69) is 0 Å². The summed E-state index contributed by atoms with van der Waals surface area (Å²) in [6, 6.07) is 0. The molecule has 0 aliphatic heterocycles. The van der Waals surface area contributed by atoms with Gasteiger partial charge in [0.15, 0.2) is 0 Å². The van der Waals surface area contributed by atoms with Gasteiger partial charge >= 0.3 is 5.97 Å². The molecule has 2 fully saturated rings. The minimum absolute atomic E-state index is 0.251. The molecule has 110 valence electrons. The predicted molar refractivity (Wildman–Crippen MR) is 64.8 cm³/mol. The van der Waals surface area contributed by atoms with Crippen LogP contribution in [0.3, 0.4) is 0 Å². The molecule has 0 radical (unpaired) electrons. The Morgan fingerprint density at radius 2 is 1.42 bits per heavy atom. The predicted octanol–water partition coefficient (Wildman–Crippen LogP) is 4.03. The number of alkyl halides is 3. The molecule has 0 saturated heterocycles. The van der Waals surface area contributed by atoms with Crippen LogP contribution in [0.2, 0.25) is 0 Å². The Morgan fingerprint density at radius 1 is 0.947 bits per heavy atom. The molecule has 0 bridgehead atoms. The molecule has 2 aliphatic rings. The van der Waals surface area contributed by atoms with Gasteiger partial charge in [0.2, 0.25) is 5.92 Å². The summed E-state index contributed by atoms with van der Waals surface area (Å²) >= 11 is 0. The van der Waals surface area contributed by atoms with Crippen LogP contribution >= 0.6 is 0 Å². The molecule has 19 heavy (non-hydrogen) atoms. The molecule has 2 nitrogen and oxygen atoms in total. The number of carbonyl (C=O) groups excluding carboxylic acids is 1. The average molecular weight is 278 g/mol. The third-order valence-corrected chi connectivity index (χ3v) is 4.17. The second kappa shape index (κ2) is 4.13. The molecule has 0 N–H and O–H groups in total. The first-order valence-corrected chi connectivity index (χ1v) is 6.80. The highest BCUT2D eigenvalue weighted by Crippen LogP contribution is 2.62. The van der Waals surface area contributed by atoms with E-state index in [1.165, 1.54) is 0 Å². The lowest BCUT2D eigenvalue weighted by Crippen LogP contribution is -2.47. The van der Waals surface area contributed by atoms with Crippen molar-refractivity contribution in [3.63, 3.8) is 0 Å². The van der Waals surface area contributed by atoms with Crippen molar-refractivity contribution in [3.05, 3.63) is 0 Å². The minimum Gasteiger partial charge on any atom is -0.459 e. The molecule has 0 amide bonds. The van der Waals surface area contributed by atoms with E-state index in [9.17, 15) is 18.0 Å². The molecule has 0 aromatic heterocycles. The quantitative estimate of drug-likeness (QED) is 0.713. The first-order chi connectivity index (χ1) is 8.50. The Labute approximate surface area is 111 Å². The van der Waals surface area contributed by atoms with Crippen LogP contribution in [0.4, 0.5) is 13.2 Å². The highest BCUT2D eigenvalue weighted by Gasteiger charge is 2.68. The average Bonchev–Trinajstić information content (AvgIpc) is 3.02. The summed E-state index contributed by atoms with van der Waals surface area (Å²) in [7, 11) is 0. The lowest BCUT2D eigenvalue weighted by molar-refractivity contribution is -0.175. The van der Waals surface area contributed by atoms with Crippen LogP contribution in [0, 0.1) is 5.41 Å².